The van der Waals surface area contributed by atoms with Gasteiger partial charge in [0.15, 0.2) is 5.65 Å². The van der Waals surface area contributed by atoms with Crippen molar-refractivity contribution >= 4 is 34.0 Å². The maximum Gasteiger partial charge on any atom is 0.165 e. The standard InChI is InChI=1S/C27H21ClN4/c1-18-7-13-22(14-8-18)31-16-15-20-17-29-27-24(26(20)31)25(19-9-11-21(28)12-10-19)30-32(27)23-5-3-2-4-6-23/h2-14,17H,15-16H2,1H3. The molecule has 6 rings (SSSR count). The molecule has 0 fully saturated rings. The molecule has 2 aromatic heterocycles. The second-order valence-electron chi connectivity index (χ2n) is 8.17. The largest absolute Gasteiger partial charge is 0.340 e. The van der Waals surface area contributed by atoms with Gasteiger partial charge >= 0.3 is 0 Å². The predicted octanol–water partition coefficient (Wildman–Crippen LogP) is 6.74. The fourth-order valence-corrected chi connectivity index (χ4v) is 4.61. The van der Waals surface area contributed by atoms with Crippen molar-refractivity contribution in [3.8, 4) is 16.9 Å². The Labute approximate surface area is 191 Å². The summed E-state index contributed by atoms with van der Waals surface area (Å²) < 4.78 is 1.95. The number of fused-ring (bicyclic) bond motifs is 3. The number of hydrogen-bond acceptors (Lipinski definition) is 3. The van der Waals surface area contributed by atoms with Crippen molar-refractivity contribution in [3.63, 3.8) is 0 Å². The van der Waals surface area contributed by atoms with E-state index in [0.717, 1.165) is 40.9 Å². The molecular weight excluding hydrogens is 416 g/mol. The summed E-state index contributed by atoms with van der Waals surface area (Å²) in [4.78, 5) is 7.28. The average Bonchev–Trinajstić information content (AvgIpc) is 3.42. The number of pyridine rings is 1. The topological polar surface area (TPSA) is 34.0 Å². The molecule has 0 spiro atoms. The number of halogens is 1. The van der Waals surface area contributed by atoms with Crippen LogP contribution in [0.2, 0.25) is 5.02 Å². The first-order valence-corrected chi connectivity index (χ1v) is 11.1. The number of para-hydroxylation sites is 1. The minimum absolute atomic E-state index is 0.713. The van der Waals surface area contributed by atoms with Crippen LogP contribution in [0, 0.1) is 6.92 Å². The van der Waals surface area contributed by atoms with Crippen molar-refractivity contribution in [2.75, 3.05) is 11.4 Å². The smallest absolute Gasteiger partial charge is 0.165 e. The maximum absolute atomic E-state index is 6.18. The molecule has 0 saturated heterocycles. The number of aromatic nitrogens is 3. The lowest BCUT2D eigenvalue weighted by molar-refractivity contribution is 0.900. The zero-order valence-corrected chi connectivity index (χ0v) is 18.4. The molecule has 156 valence electrons. The zero-order chi connectivity index (χ0) is 21.7. The quantitative estimate of drug-likeness (QED) is 0.314. The molecule has 0 aliphatic carbocycles. The van der Waals surface area contributed by atoms with Crippen molar-refractivity contribution in [1.29, 1.82) is 0 Å². The first-order chi connectivity index (χ1) is 15.7. The van der Waals surface area contributed by atoms with Gasteiger partial charge in [0.25, 0.3) is 0 Å². The van der Waals surface area contributed by atoms with Crippen LogP contribution in [0.1, 0.15) is 11.1 Å². The summed E-state index contributed by atoms with van der Waals surface area (Å²) in [6.45, 7) is 3.04. The third-order valence-corrected chi connectivity index (χ3v) is 6.34. The van der Waals surface area contributed by atoms with Gasteiger partial charge in [-0.05, 0) is 55.3 Å². The number of benzene rings is 3. The number of hydrogen-bond donors (Lipinski definition) is 0. The molecule has 5 aromatic rings. The minimum Gasteiger partial charge on any atom is -0.340 e. The molecule has 3 heterocycles. The van der Waals surface area contributed by atoms with Gasteiger partial charge in [0.2, 0.25) is 0 Å². The zero-order valence-electron chi connectivity index (χ0n) is 17.7. The van der Waals surface area contributed by atoms with E-state index in [1.165, 1.54) is 22.5 Å². The van der Waals surface area contributed by atoms with Gasteiger partial charge in [-0.3, -0.25) is 0 Å². The van der Waals surface area contributed by atoms with Crippen LogP contribution in [0.15, 0.2) is 85.1 Å². The van der Waals surface area contributed by atoms with Gasteiger partial charge < -0.3 is 4.90 Å². The third-order valence-electron chi connectivity index (χ3n) is 6.08. The highest BCUT2D eigenvalue weighted by molar-refractivity contribution is 6.30. The van der Waals surface area contributed by atoms with Crippen LogP contribution in [0.5, 0.6) is 0 Å². The van der Waals surface area contributed by atoms with Crippen molar-refractivity contribution < 1.29 is 0 Å². The first-order valence-electron chi connectivity index (χ1n) is 10.8. The first kappa shape index (κ1) is 19.1. The third kappa shape index (κ3) is 3.07. The summed E-state index contributed by atoms with van der Waals surface area (Å²) >= 11 is 6.18. The van der Waals surface area contributed by atoms with Crippen molar-refractivity contribution in [2.24, 2.45) is 0 Å². The van der Waals surface area contributed by atoms with Crippen LogP contribution in [-0.4, -0.2) is 21.3 Å². The van der Waals surface area contributed by atoms with Crippen molar-refractivity contribution in [3.05, 3.63) is 101 Å². The number of anilines is 2. The normalized spacial score (nSPS) is 13.0. The molecule has 32 heavy (non-hydrogen) atoms. The van der Waals surface area contributed by atoms with E-state index < -0.39 is 0 Å². The van der Waals surface area contributed by atoms with E-state index in [-0.39, 0.29) is 0 Å². The second kappa shape index (κ2) is 7.50. The van der Waals surface area contributed by atoms with Gasteiger partial charge in [-0.2, -0.15) is 5.10 Å². The molecule has 4 nitrogen and oxygen atoms in total. The van der Waals surface area contributed by atoms with Crippen molar-refractivity contribution in [1.82, 2.24) is 14.8 Å². The van der Waals surface area contributed by atoms with E-state index in [4.69, 9.17) is 21.7 Å². The monoisotopic (exact) mass is 436 g/mol. The highest BCUT2D eigenvalue weighted by atomic mass is 35.5. The fourth-order valence-electron chi connectivity index (χ4n) is 4.48. The molecule has 5 heteroatoms. The Morgan fingerprint density at radius 1 is 0.844 bits per heavy atom. The lowest BCUT2D eigenvalue weighted by Gasteiger charge is -2.21. The van der Waals surface area contributed by atoms with Gasteiger partial charge in [0.1, 0.15) is 5.69 Å². The van der Waals surface area contributed by atoms with Crippen molar-refractivity contribution in [2.45, 2.75) is 13.3 Å². The van der Waals surface area contributed by atoms with E-state index >= 15 is 0 Å². The van der Waals surface area contributed by atoms with Gasteiger partial charge in [-0.1, -0.05) is 59.6 Å². The highest BCUT2D eigenvalue weighted by Crippen LogP contribution is 2.43. The van der Waals surface area contributed by atoms with Gasteiger partial charge in [-0.25, -0.2) is 9.67 Å². The van der Waals surface area contributed by atoms with Crippen LogP contribution in [0.4, 0.5) is 11.4 Å². The number of aryl methyl sites for hydroxylation is 1. The molecule has 0 saturated carbocycles. The Hall–Kier alpha value is -3.63. The SMILES string of the molecule is Cc1ccc(N2CCc3cnc4c(c(-c5ccc(Cl)cc5)nn4-c4ccccc4)c32)cc1. The summed E-state index contributed by atoms with van der Waals surface area (Å²) in [5.41, 5.74) is 8.70. The molecule has 0 bridgehead atoms. The van der Waals surface area contributed by atoms with Crippen LogP contribution >= 0.6 is 11.6 Å². The summed E-state index contributed by atoms with van der Waals surface area (Å²) in [6, 6.07) is 26.8. The minimum atomic E-state index is 0.713. The van der Waals surface area contributed by atoms with Crippen LogP contribution < -0.4 is 4.90 Å². The lowest BCUT2D eigenvalue weighted by Crippen LogP contribution is -2.13. The number of nitrogens with zero attached hydrogens (tertiary/aromatic N) is 4. The Kier molecular flexibility index (Phi) is 4.47. The average molecular weight is 437 g/mol. The maximum atomic E-state index is 6.18. The van der Waals surface area contributed by atoms with Gasteiger partial charge in [0, 0.05) is 29.0 Å². The summed E-state index contributed by atoms with van der Waals surface area (Å²) in [6.07, 6.45) is 2.97. The summed E-state index contributed by atoms with van der Waals surface area (Å²) in [5.74, 6) is 0. The summed E-state index contributed by atoms with van der Waals surface area (Å²) in [7, 11) is 0. The Morgan fingerprint density at radius 3 is 2.34 bits per heavy atom. The predicted molar refractivity (Wildman–Crippen MR) is 131 cm³/mol. The number of rotatable bonds is 3. The molecule has 0 atom stereocenters. The Balaban J connectivity index is 1.65. The van der Waals surface area contributed by atoms with E-state index in [9.17, 15) is 0 Å². The highest BCUT2D eigenvalue weighted by Gasteiger charge is 2.28. The molecular formula is C27H21ClN4. The van der Waals surface area contributed by atoms with Crippen LogP contribution in [0.3, 0.4) is 0 Å². The summed E-state index contributed by atoms with van der Waals surface area (Å²) in [5, 5.41) is 6.85. The van der Waals surface area contributed by atoms with E-state index in [2.05, 4.69) is 48.2 Å². The second-order valence-corrected chi connectivity index (χ2v) is 8.61. The molecule has 1 aliphatic rings. The Morgan fingerprint density at radius 2 is 1.59 bits per heavy atom. The molecule has 0 unspecified atom stereocenters. The molecule has 0 N–H and O–H groups in total. The Bertz CT molecular complexity index is 1420. The van der Waals surface area contributed by atoms with E-state index in [1.807, 2.05) is 53.3 Å². The molecule has 1 aliphatic heterocycles. The van der Waals surface area contributed by atoms with Gasteiger partial charge in [-0.15, -0.1) is 0 Å². The van der Waals surface area contributed by atoms with Crippen LogP contribution in [0.25, 0.3) is 28.0 Å². The molecule has 0 radical (unpaired) electrons. The van der Waals surface area contributed by atoms with E-state index in [0.29, 0.717) is 5.02 Å². The lowest BCUT2D eigenvalue weighted by atomic mass is 10.1. The van der Waals surface area contributed by atoms with Gasteiger partial charge in [0.05, 0.1) is 16.8 Å². The van der Waals surface area contributed by atoms with E-state index in [1.54, 1.807) is 0 Å². The fraction of sp³-hybridized carbons (Fsp3) is 0.111. The molecule has 3 aromatic carbocycles. The molecule has 0 amide bonds. The van der Waals surface area contributed by atoms with Crippen LogP contribution in [-0.2, 0) is 6.42 Å².